The molecule has 144 heavy (non-hydrogen) atoms. The molecule has 47 heteroatoms. The molecule has 0 saturated heterocycles. The van der Waals surface area contributed by atoms with Crippen LogP contribution in [-0.2, 0) is 91.8 Å². The van der Waals surface area contributed by atoms with Gasteiger partial charge in [0.05, 0.1) is 41.9 Å². The number of aliphatic hydroxyl groups excluding tert-OH is 1. The van der Waals surface area contributed by atoms with E-state index in [0.29, 0.717) is 59.3 Å². The smallest absolute Gasteiger partial charge is 0.340 e. The normalized spacial score (nSPS) is 15.0. The van der Waals surface area contributed by atoms with Gasteiger partial charge in [-0.05, 0) is 175 Å². The summed E-state index contributed by atoms with van der Waals surface area (Å²) in [7, 11) is 3.82. The average Bonchev–Trinajstić information content (AvgIpc) is 1.51. The molecule has 0 bridgehead atoms. The number of unbranched alkanes of at least 4 members (excludes halogenated alkanes) is 4. The van der Waals surface area contributed by atoms with Crippen LogP contribution >= 0.6 is 0 Å². The lowest BCUT2D eigenvalue weighted by molar-refractivity contribution is -0.142. The predicted molar refractivity (Wildman–Crippen MR) is 515 cm³/mol. The lowest BCUT2D eigenvalue weighted by atomic mass is 9.77. The van der Waals surface area contributed by atoms with Gasteiger partial charge in [0.25, 0.3) is 5.91 Å². The van der Waals surface area contributed by atoms with Gasteiger partial charge in [0.1, 0.15) is 89.5 Å². The summed E-state index contributed by atoms with van der Waals surface area (Å²) in [6.07, 6.45) is -6.14. The number of amides is 15. The zero-order valence-electron chi connectivity index (χ0n) is 81.3. The molecule has 2 aliphatic heterocycles. The van der Waals surface area contributed by atoms with Crippen LogP contribution in [-0.4, -0.2) is 248 Å². The van der Waals surface area contributed by atoms with Crippen LogP contribution in [0, 0.1) is 11.8 Å². The van der Waals surface area contributed by atoms with Gasteiger partial charge in [-0.2, -0.15) is 10.2 Å². The maximum absolute atomic E-state index is 14.5. The first-order valence-corrected chi connectivity index (χ1v) is 47.2. The fourth-order valence-corrected chi connectivity index (χ4v) is 15.6. The molecule has 0 aliphatic carbocycles. The Morgan fingerprint density at radius 2 is 0.882 bits per heavy atom. The zero-order chi connectivity index (χ0) is 107. The van der Waals surface area contributed by atoms with Crippen LogP contribution < -0.4 is 96.4 Å². The average molecular weight is 2010 g/mol. The number of carbonyl (C=O) groups excluding carboxylic acids is 17. The van der Waals surface area contributed by atoms with Crippen molar-refractivity contribution in [2.75, 3.05) is 25.5 Å². The maximum atomic E-state index is 14.5. The summed E-state index contributed by atoms with van der Waals surface area (Å²) in [5.74, 6) is -23.8. The number of esters is 1. The van der Waals surface area contributed by atoms with Crippen molar-refractivity contribution in [2.45, 2.75) is 268 Å². The van der Waals surface area contributed by atoms with Crippen molar-refractivity contribution >= 4 is 135 Å². The first-order valence-electron chi connectivity index (χ1n) is 47.2. The Kier molecular flexibility index (Phi) is 44.1. The van der Waals surface area contributed by atoms with Crippen molar-refractivity contribution in [1.29, 1.82) is 0 Å². The highest BCUT2D eigenvalue weighted by molar-refractivity contribution is 6.04. The van der Waals surface area contributed by atoms with Crippen LogP contribution in [0.4, 0.5) is 17.1 Å². The van der Waals surface area contributed by atoms with Crippen LogP contribution in [0.3, 0.4) is 0 Å². The Hall–Kier alpha value is -15.6. The molecule has 5 aromatic rings. The third-order valence-corrected chi connectivity index (χ3v) is 23.8. The highest BCUT2D eigenvalue weighted by Crippen LogP contribution is 2.57. The largest absolute Gasteiger partial charge is 0.508 e. The number of carboxylic acid groups (broad SMARTS) is 3. The quantitative estimate of drug-likeness (QED) is 0.0115. The van der Waals surface area contributed by atoms with Crippen LogP contribution in [0.5, 0.6) is 23.0 Å². The molecular formula is C97H129N19O28. The number of ether oxygens (including phenoxy) is 2. The molecule has 14 atom stereocenters. The molecule has 7 rings (SSSR count). The van der Waals surface area contributed by atoms with E-state index in [0.717, 1.165) is 19.5 Å². The van der Waals surface area contributed by atoms with Gasteiger partial charge < -0.3 is 132 Å². The number of benzene rings is 5. The fraction of sp³-hybridized carbons (Fsp3) is 0.485. The van der Waals surface area contributed by atoms with Crippen LogP contribution in [0.15, 0.2) is 113 Å². The molecule has 5 aromatic carbocycles. The third-order valence-electron chi connectivity index (χ3n) is 23.8. The number of phenolic OH excluding ortho intramolecular Hbond substituents is 2. The number of carboxylic acids is 3. The minimum absolute atomic E-state index is 0.0109. The van der Waals surface area contributed by atoms with E-state index in [1.807, 2.05) is 50.2 Å². The molecule has 1 spiro atoms. The number of anilines is 1. The summed E-state index contributed by atoms with van der Waals surface area (Å²) in [4.78, 5) is 273. The summed E-state index contributed by atoms with van der Waals surface area (Å²) in [6.45, 7) is 10.4. The number of nitrogens with one attached hydrogen (secondary N) is 12. The predicted octanol–water partition coefficient (Wildman–Crippen LogP) is 2.05. The summed E-state index contributed by atoms with van der Waals surface area (Å²) in [6, 6.07) is 5.98. The second-order valence-electron chi connectivity index (χ2n) is 36.0. The van der Waals surface area contributed by atoms with Crippen LogP contribution in [0.2, 0.25) is 0 Å². The van der Waals surface area contributed by atoms with Gasteiger partial charge in [-0.15, -0.1) is 0 Å². The van der Waals surface area contributed by atoms with Gasteiger partial charge in [-0.1, -0.05) is 72.8 Å². The first kappa shape index (κ1) is 115. The van der Waals surface area contributed by atoms with Crippen molar-refractivity contribution in [3.8, 4) is 23.0 Å². The summed E-state index contributed by atoms with van der Waals surface area (Å²) >= 11 is 0. The van der Waals surface area contributed by atoms with E-state index in [2.05, 4.69) is 74.0 Å². The topological polar surface area (TPSA) is 758 Å². The number of rotatable bonds is 60. The molecule has 1 unspecified atom stereocenters. The number of nitrogens with two attached hydrogens (primary N) is 4. The molecule has 47 nitrogen and oxygen atoms in total. The second kappa shape index (κ2) is 55.0. The standard InChI is InChI=1S/C97H129N19O28/c1-10-12-19-65(83(101)129)104-88(134)66(20-14-13-15-21-73(120)53-22-25-55(26-23-53)114-115-56-27-29-57(30-28-56)116(8)9)108-95(141)82(52(7)117)113-93(139)70(43-49(3)4)110-90(136)69(38-41-79(125)126)105-89(135)67(36-39-76(99)121)106-91(137)71(47-77(100)122)109-84(130)51(6)103-87(133)68(37-40-78(123)124)107-92(138)72(48-80(127)128)111-94(140)81(50(5)11-2)112-86(132)64(98)18-16-17-42-102-85(131)54-24-33-61-60(44-54)96(142)144-97(61)62-34-31-58(118)45-74(62)143-75-46-59(119)32-35-63(75)97/h22-35,44-46,49-52,64-72,81-82,117-119H,10-21,36-43,47-48,98H2,1-9H3,(H2,99,121)(H2,100,122)(H2,101,129)(H,102,131)(H,103,133)(H,104,134)(H,105,135)(H,106,137)(H,107,138)(H,108,141)(H,109,130)(H,110,136)(H,111,140)(H,112,132)(H,113,139)(H,123,124)(H,125,126)(H,127,128)/t50-,51-,52+,64?,65+,66+,67-,68-,69-,70-,71-,72-,81-,82-/m0/s1. The Balaban J connectivity index is 0.956. The summed E-state index contributed by atoms with van der Waals surface area (Å²) < 4.78 is 12.1. The van der Waals surface area contributed by atoms with Crippen LogP contribution in [0.25, 0.3) is 0 Å². The number of fused-ring (bicyclic) bond motifs is 6. The number of aliphatic hydroxyl groups is 1. The number of hydrogen-bond acceptors (Lipinski definition) is 29. The maximum Gasteiger partial charge on any atom is 0.340 e. The Morgan fingerprint density at radius 3 is 1.39 bits per heavy atom. The van der Waals surface area contributed by atoms with Gasteiger partial charge in [-0.25, -0.2) is 4.79 Å². The number of primary amides is 3. The minimum atomic E-state index is -2.09. The second-order valence-corrected chi connectivity index (χ2v) is 36.0. The number of nitrogens with zero attached hydrogens (tertiary/aromatic N) is 3. The van der Waals surface area contributed by atoms with E-state index in [1.165, 1.54) is 55.5 Å². The van der Waals surface area contributed by atoms with Crippen molar-refractivity contribution in [2.24, 2.45) is 45.0 Å². The third kappa shape index (κ3) is 34.4. The molecule has 0 saturated carbocycles. The van der Waals surface area contributed by atoms with Crippen LogP contribution in [0.1, 0.15) is 231 Å². The minimum Gasteiger partial charge on any atom is -0.508 e. The zero-order valence-corrected chi connectivity index (χ0v) is 81.3. The number of hydrogen-bond donors (Lipinski definition) is 22. The highest BCUT2D eigenvalue weighted by atomic mass is 16.6. The van der Waals surface area contributed by atoms with E-state index < -0.39 is 260 Å². The van der Waals surface area contributed by atoms with E-state index >= 15 is 0 Å². The van der Waals surface area contributed by atoms with Gasteiger partial charge in [0.15, 0.2) is 11.4 Å². The number of carbonyl (C=O) groups is 20. The van der Waals surface area contributed by atoms with Crippen molar-refractivity contribution in [3.63, 3.8) is 0 Å². The number of azo groups is 1. The molecule has 2 heterocycles. The number of aliphatic carboxylic acids is 3. The molecule has 0 fully saturated rings. The fourth-order valence-electron chi connectivity index (χ4n) is 15.6. The van der Waals surface area contributed by atoms with Gasteiger partial charge in [0, 0.05) is 92.0 Å². The van der Waals surface area contributed by atoms with E-state index in [-0.39, 0.29) is 104 Å². The summed E-state index contributed by atoms with van der Waals surface area (Å²) in [5, 5.41) is 98.2. The molecule has 0 radical (unpaired) electrons. The van der Waals surface area contributed by atoms with E-state index in [1.54, 1.807) is 51.1 Å². The van der Waals surface area contributed by atoms with Gasteiger partial charge in [-0.3, -0.25) is 91.1 Å². The van der Waals surface area contributed by atoms with Gasteiger partial charge in [0.2, 0.25) is 82.7 Å². The molecule has 26 N–H and O–H groups in total. The molecule has 780 valence electrons. The number of aromatic hydroxyl groups is 2. The van der Waals surface area contributed by atoms with Gasteiger partial charge >= 0.3 is 23.9 Å². The Labute approximate surface area is 828 Å². The lowest BCUT2D eigenvalue weighted by Crippen LogP contribution is -2.62. The molecule has 15 amide bonds. The summed E-state index contributed by atoms with van der Waals surface area (Å²) in [5.41, 5.74) is 25.1. The molecule has 0 aromatic heterocycles. The number of Topliss-reactive ketones (excluding diaryl/α,β-unsaturated/α-hetero) is 1. The van der Waals surface area contributed by atoms with E-state index in [4.69, 9.17) is 32.4 Å². The molecule has 2 aliphatic rings. The van der Waals surface area contributed by atoms with Crippen molar-refractivity contribution in [1.82, 2.24) is 63.8 Å². The SMILES string of the molecule is CCCC[C@@H](NC(=O)[C@@H](CCCCCC(=O)c1ccc(N=Nc2ccc(N(C)C)cc2)cc1)NC(=O)[C@@H](NC(=O)[C@H](CC(C)C)NC(=O)[C@H](CCC(=O)O)NC(=O)[C@H](CCC(N)=O)NC(=O)[C@H](CC(N)=O)NC(=O)[C@H](C)NC(=O)[C@H](CCC(=O)O)NC(=O)[C@H](CC(=O)O)NC(=O)[C@@H](NC(=O)C(N)CCCCNC(=O)c1ccc2c(c1)C(=O)OC21c2ccc(O)cc2Oc2cc(O)ccc21)[C@@H](C)CC)[C@@H](C)O)C(N)=O. The first-order chi connectivity index (χ1) is 68.0. The lowest BCUT2D eigenvalue weighted by Gasteiger charge is -2.36. The Morgan fingerprint density at radius 1 is 0.431 bits per heavy atom. The number of phenols is 2. The van der Waals surface area contributed by atoms with Crippen molar-refractivity contribution < 1.29 is 136 Å². The highest BCUT2D eigenvalue weighted by Gasteiger charge is 2.54. The number of ketones is 1. The monoisotopic (exact) mass is 2010 g/mol. The Bertz CT molecular complexity index is 5490. The molecular weight excluding hydrogens is 1880 g/mol. The van der Waals surface area contributed by atoms with Crippen molar-refractivity contribution in [3.05, 3.63) is 137 Å². The van der Waals surface area contributed by atoms with E-state index in [9.17, 15) is 127 Å².